The lowest BCUT2D eigenvalue weighted by molar-refractivity contribution is -0.132. The Bertz CT molecular complexity index is 539. The number of sulfonamides is 1. The number of hydrogen-bond donors (Lipinski definition) is 1. The Balaban J connectivity index is 2.25. The van der Waals surface area contributed by atoms with Crippen LogP contribution in [-0.2, 0) is 14.8 Å². The molecule has 0 atom stereocenters. The molecule has 1 aliphatic rings. The van der Waals surface area contributed by atoms with Crippen LogP contribution in [-0.4, -0.2) is 60.4 Å². The summed E-state index contributed by atoms with van der Waals surface area (Å²) in [6.45, 7) is 0.453. The van der Waals surface area contributed by atoms with Crippen LogP contribution in [0.2, 0.25) is 0 Å². The third-order valence-electron chi connectivity index (χ3n) is 2.40. The lowest BCUT2D eigenvalue weighted by Gasteiger charge is -2.30. The van der Waals surface area contributed by atoms with Crippen LogP contribution < -0.4 is 5.73 Å². The minimum absolute atomic E-state index is 0.0871. The molecule has 0 radical (unpaired) electrons. The zero-order chi connectivity index (χ0) is 12.6. The number of nitrogens with zero attached hydrogens (tertiary/aromatic N) is 4. The van der Waals surface area contributed by atoms with Crippen molar-refractivity contribution in [3.05, 3.63) is 0 Å². The van der Waals surface area contributed by atoms with Crippen LogP contribution in [0.1, 0.15) is 0 Å². The van der Waals surface area contributed by atoms with E-state index < -0.39 is 10.0 Å². The molecule has 0 spiro atoms. The predicted molar refractivity (Wildman–Crippen MR) is 60.7 cm³/mol. The van der Waals surface area contributed by atoms with Gasteiger partial charge in [0.1, 0.15) is 0 Å². The normalized spacial score (nSPS) is 18.6. The molecule has 0 unspecified atom stereocenters. The third kappa shape index (κ3) is 2.23. The van der Waals surface area contributed by atoms with E-state index in [1.807, 2.05) is 0 Å². The van der Waals surface area contributed by atoms with Crippen LogP contribution in [0.25, 0.3) is 0 Å². The van der Waals surface area contributed by atoms with Gasteiger partial charge in [-0.3, -0.25) is 4.79 Å². The topological polar surface area (TPSA) is 109 Å². The number of rotatable bonds is 2. The van der Waals surface area contributed by atoms with Gasteiger partial charge in [0.05, 0.1) is 6.54 Å². The van der Waals surface area contributed by atoms with Gasteiger partial charge >= 0.3 is 0 Å². The Morgan fingerprint density at radius 1 is 1.35 bits per heavy atom. The number of nitrogens with two attached hydrogens (primary N) is 1. The summed E-state index contributed by atoms with van der Waals surface area (Å²) in [5.74, 6) is -0.239. The predicted octanol–water partition coefficient (Wildman–Crippen LogP) is -1.42. The van der Waals surface area contributed by atoms with Crippen molar-refractivity contribution in [1.29, 1.82) is 0 Å². The summed E-state index contributed by atoms with van der Waals surface area (Å²) < 4.78 is 25.0. The average Bonchev–Trinajstić information content (AvgIpc) is 2.69. The Labute approximate surface area is 102 Å². The molecule has 1 aliphatic heterocycles. The molecule has 0 aromatic carbocycles. The molecular formula is C7H11N5O3S2. The summed E-state index contributed by atoms with van der Waals surface area (Å²) in [6.07, 6.45) is 0. The zero-order valence-electron chi connectivity index (χ0n) is 9.03. The quantitative estimate of drug-likeness (QED) is 0.710. The smallest absolute Gasteiger partial charge is 0.272 e. The monoisotopic (exact) mass is 277 g/mol. The van der Waals surface area contributed by atoms with Crippen LogP contribution in [0.5, 0.6) is 0 Å². The van der Waals surface area contributed by atoms with E-state index in [9.17, 15) is 13.2 Å². The van der Waals surface area contributed by atoms with Crippen LogP contribution in [0.4, 0.5) is 5.13 Å². The molecule has 2 heterocycles. The zero-order valence-corrected chi connectivity index (χ0v) is 10.7. The number of piperazine rings is 1. The maximum atomic E-state index is 12.1. The van der Waals surface area contributed by atoms with Crippen molar-refractivity contribution in [3.63, 3.8) is 0 Å². The molecule has 10 heteroatoms. The molecular weight excluding hydrogens is 266 g/mol. The molecule has 0 aliphatic carbocycles. The van der Waals surface area contributed by atoms with Crippen molar-refractivity contribution in [3.8, 4) is 0 Å². The summed E-state index contributed by atoms with van der Waals surface area (Å²) in [6, 6.07) is 0. The SMILES string of the molecule is CN1CCN(S(=O)(=O)c2nnc(N)s2)CC1=O. The summed E-state index contributed by atoms with van der Waals surface area (Å²) in [4.78, 5) is 12.9. The fourth-order valence-corrected chi connectivity index (χ4v) is 3.68. The van der Waals surface area contributed by atoms with Crippen molar-refractivity contribution in [1.82, 2.24) is 19.4 Å². The van der Waals surface area contributed by atoms with Gasteiger partial charge in [-0.15, -0.1) is 10.2 Å². The highest BCUT2D eigenvalue weighted by Crippen LogP contribution is 2.22. The number of carbonyl (C=O) groups excluding carboxylic acids is 1. The molecule has 94 valence electrons. The summed E-state index contributed by atoms with van der Waals surface area (Å²) in [5.41, 5.74) is 5.34. The number of likely N-dealkylation sites (N-methyl/N-ethyl adjacent to an activating group) is 1. The molecule has 17 heavy (non-hydrogen) atoms. The van der Waals surface area contributed by atoms with Gasteiger partial charge in [0.25, 0.3) is 10.0 Å². The molecule has 0 bridgehead atoms. The molecule has 8 nitrogen and oxygen atoms in total. The Morgan fingerprint density at radius 3 is 2.59 bits per heavy atom. The van der Waals surface area contributed by atoms with Gasteiger partial charge in [0.15, 0.2) is 0 Å². The molecule has 1 aromatic heterocycles. The molecule has 1 amide bonds. The van der Waals surface area contributed by atoms with E-state index in [0.29, 0.717) is 6.54 Å². The standard InChI is InChI=1S/C7H11N5O3S2/c1-11-2-3-12(4-5(11)13)17(14,15)7-10-9-6(8)16-7/h2-4H2,1H3,(H2,8,9). The largest absolute Gasteiger partial charge is 0.374 e. The van der Waals surface area contributed by atoms with Crippen molar-refractivity contribution in [2.45, 2.75) is 4.34 Å². The van der Waals surface area contributed by atoms with Crippen LogP contribution in [0.3, 0.4) is 0 Å². The fourth-order valence-electron chi connectivity index (χ4n) is 1.38. The first kappa shape index (κ1) is 12.2. The fraction of sp³-hybridized carbons (Fsp3) is 0.571. The van der Waals surface area contributed by atoms with E-state index in [1.54, 1.807) is 7.05 Å². The number of nitrogen functional groups attached to an aromatic ring is 1. The Morgan fingerprint density at radius 2 is 2.06 bits per heavy atom. The minimum atomic E-state index is -3.75. The lowest BCUT2D eigenvalue weighted by atomic mass is 10.4. The maximum Gasteiger partial charge on any atom is 0.272 e. The average molecular weight is 277 g/mol. The number of hydrogen-bond acceptors (Lipinski definition) is 7. The van der Waals surface area contributed by atoms with Crippen LogP contribution in [0.15, 0.2) is 4.34 Å². The molecule has 2 rings (SSSR count). The first-order chi connectivity index (χ1) is 7.91. The van der Waals surface area contributed by atoms with E-state index in [1.165, 1.54) is 4.90 Å². The highest BCUT2D eigenvalue weighted by molar-refractivity contribution is 7.91. The van der Waals surface area contributed by atoms with Gasteiger partial charge in [-0.25, -0.2) is 8.42 Å². The van der Waals surface area contributed by atoms with Crippen molar-refractivity contribution in [2.24, 2.45) is 0 Å². The number of anilines is 1. The van der Waals surface area contributed by atoms with Gasteiger partial charge in [0, 0.05) is 20.1 Å². The van der Waals surface area contributed by atoms with E-state index in [4.69, 9.17) is 5.73 Å². The van der Waals surface area contributed by atoms with E-state index in [2.05, 4.69) is 10.2 Å². The molecule has 0 saturated carbocycles. The van der Waals surface area contributed by atoms with E-state index in [0.717, 1.165) is 15.6 Å². The maximum absolute atomic E-state index is 12.1. The second kappa shape index (κ2) is 4.20. The number of aromatic nitrogens is 2. The van der Waals surface area contributed by atoms with Crippen molar-refractivity contribution < 1.29 is 13.2 Å². The highest BCUT2D eigenvalue weighted by Gasteiger charge is 2.33. The first-order valence-corrected chi connectivity index (χ1v) is 7.00. The van der Waals surface area contributed by atoms with Gasteiger partial charge in [-0.05, 0) is 0 Å². The summed E-state index contributed by atoms with van der Waals surface area (Å²) >= 11 is 0.791. The number of amides is 1. The van der Waals surface area contributed by atoms with Gasteiger partial charge in [-0.2, -0.15) is 4.31 Å². The second-order valence-corrected chi connectivity index (χ2v) is 6.68. The molecule has 1 fully saturated rings. The van der Waals surface area contributed by atoms with Gasteiger partial charge < -0.3 is 10.6 Å². The van der Waals surface area contributed by atoms with Gasteiger partial charge in [0.2, 0.25) is 15.4 Å². The molecule has 1 aromatic rings. The minimum Gasteiger partial charge on any atom is -0.374 e. The first-order valence-electron chi connectivity index (χ1n) is 4.74. The van der Waals surface area contributed by atoms with Crippen molar-refractivity contribution >= 4 is 32.4 Å². The third-order valence-corrected chi connectivity index (χ3v) is 5.35. The lowest BCUT2D eigenvalue weighted by Crippen LogP contribution is -2.50. The number of carbonyl (C=O) groups is 1. The van der Waals surface area contributed by atoms with Crippen molar-refractivity contribution in [2.75, 3.05) is 32.4 Å². The van der Waals surface area contributed by atoms with Gasteiger partial charge in [-0.1, -0.05) is 11.3 Å². The summed E-state index contributed by atoms with van der Waals surface area (Å²) in [5, 5.41) is 7.04. The summed E-state index contributed by atoms with van der Waals surface area (Å²) in [7, 11) is -2.11. The van der Waals surface area contributed by atoms with Crippen LogP contribution >= 0.6 is 11.3 Å². The molecule has 1 saturated heterocycles. The Hall–Kier alpha value is -1.26. The molecule has 2 N–H and O–H groups in total. The Kier molecular flexibility index (Phi) is 3.02. The second-order valence-electron chi connectivity index (χ2n) is 3.56. The van der Waals surface area contributed by atoms with Crippen LogP contribution in [0, 0.1) is 0 Å². The van der Waals surface area contributed by atoms with E-state index >= 15 is 0 Å². The van der Waals surface area contributed by atoms with E-state index in [-0.39, 0.29) is 28.5 Å². The highest BCUT2D eigenvalue weighted by atomic mass is 32.2.